The van der Waals surface area contributed by atoms with Crippen LogP contribution in [0.4, 0.5) is 5.69 Å². The minimum atomic E-state index is -0.696. The number of ether oxygens (including phenoxy) is 1. The maximum absolute atomic E-state index is 12.6. The molecular formula is C21H20N2O3. The highest BCUT2D eigenvalue weighted by Gasteiger charge is 2.21. The summed E-state index contributed by atoms with van der Waals surface area (Å²) in [6.45, 7) is 2.55. The Kier molecular flexibility index (Phi) is 5.17. The lowest BCUT2D eigenvalue weighted by molar-refractivity contribution is -0.112. The van der Waals surface area contributed by atoms with E-state index in [1.165, 1.54) is 12.7 Å². The van der Waals surface area contributed by atoms with Gasteiger partial charge in [0.2, 0.25) is 0 Å². The van der Waals surface area contributed by atoms with Gasteiger partial charge in [-0.25, -0.2) is 0 Å². The molecule has 0 spiro atoms. The van der Waals surface area contributed by atoms with Gasteiger partial charge in [-0.1, -0.05) is 42.0 Å². The van der Waals surface area contributed by atoms with Crippen LogP contribution in [0.25, 0.3) is 0 Å². The van der Waals surface area contributed by atoms with E-state index in [2.05, 4.69) is 5.32 Å². The number of para-hydroxylation sites is 2. The molecular weight excluding hydrogens is 328 g/mol. The fraction of sp³-hybridized carbons (Fsp3) is 0.143. The van der Waals surface area contributed by atoms with Gasteiger partial charge in [0.25, 0.3) is 11.7 Å². The SMILES string of the molecule is COc1ccccc1NC(=O)C(=O)c1cccn1Cc1ccc(C)cc1. The van der Waals surface area contributed by atoms with Gasteiger partial charge in [0.1, 0.15) is 5.75 Å². The summed E-state index contributed by atoms with van der Waals surface area (Å²) in [4.78, 5) is 25.0. The molecule has 5 heteroatoms. The Labute approximate surface area is 152 Å². The first-order chi connectivity index (χ1) is 12.6. The van der Waals surface area contributed by atoms with E-state index >= 15 is 0 Å². The van der Waals surface area contributed by atoms with Gasteiger partial charge in [0.15, 0.2) is 0 Å². The summed E-state index contributed by atoms with van der Waals surface area (Å²) < 4.78 is 6.97. The molecule has 0 unspecified atom stereocenters. The van der Waals surface area contributed by atoms with E-state index in [9.17, 15) is 9.59 Å². The fourth-order valence-electron chi connectivity index (χ4n) is 2.69. The lowest BCUT2D eigenvalue weighted by Crippen LogP contribution is -2.25. The number of anilines is 1. The summed E-state index contributed by atoms with van der Waals surface area (Å²) in [7, 11) is 1.51. The number of nitrogens with zero attached hydrogens (tertiary/aromatic N) is 1. The third-order valence-electron chi connectivity index (χ3n) is 4.10. The number of carbonyl (C=O) groups is 2. The van der Waals surface area contributed by atoms with Crippen LogP contribution in [0.5, 0.6) is 5.75 Å². The molecule has 1 amide bonds. The molecule has 2 aromatic carbocycles. The monoisotopic (exact) mass is 348 g/mol. The number of ketones is 1. The molecule has 132 valence electrons. The highest BCUT2D eigenvalue weighted by Crippen LogP contribution is 2.23. The second-order valence-electron chi connectivity index (χ2n) is 5.99. The molecule has 26 heavy (non-hydrogen) atoms. The number of hydrogen-bond acceptors (Lipinski definition) is 3. The summed E-state index contributed by atoms with van der Waals surface area (Å²) >= 11 is 0. The number of amides is 1. The topological polar surface area (TPSA) is 60.3 Å². The number of aryl methyl sites for hydroxylation is 1. The standard InChI is InChI=1S/C21H20N2O3/c1-15-9-11-16(12-10-15)14-23-13-5-7-18(23)20(24)21(25)22-17-6-3-4-8-19(17)26-2/h3-13H,14H2,1-2H3,(H,22,25). The van der Waals surface area contributed by atoms with Crippen molar-refractivity contribution in [2.24, 2.45) is 0 Å². The summed E-state index contributed by atoms with van der Waals surface area (Å²) in [6.07, 6.45) is 1.80. The second kappa shape index (κ2) is 7.70. The van der Waals surface area contributed by atoms with Gasteiger partial charge >= 0.3 is 0 Å². The van der Waals surface area contributed by atoms with Crippen molar-refractivity contribution >= 4 is 17.4 Å². The molecule has 0 fully saturated rings. The third kappa shape index (κ3) is 3.83. The van der Waals surface area contributed by atoms with Gasteiger partial charge in [-0.15, -0.1) is 0 Å². The average Bonchev–Trinajstić information content (AvgIpc) is 3.11. The Balaban J connectivity index is 1.77. The van der Waals surface area contributed by atoms with E-state index in [4.69, 9.17) is 4.74 Å². The molecule has 1 aromatic heterocycles. The van der Waals surface area contributed by atoms with Crippen molar-refractivity contribution in [3.63, 3.8) is 0 Å². The Hall–Kier alpha value is -3.34. The van der Waals surface area contributed by atoms with Gasteiger partial charge in [0, 0.05) is 12.7 Å². The molecule has 0 aliphatic carbocycles. The van der Waals surface area contributed by atoms with E-state index in [1.54, 1.807) is 47.2 Å². The van der Waals surface area contributed by atoms with Crippen LogP contribution in [0.15, 0.2) is 66.9 Å². The molecule has 0 saturated carbocycles. The summed E-state index contributed by atoms with van der Waals surface area (Å²) in [5.74, 6) is -0.782. The van der Waals surface area contributed by atoms with E-state index in [1.807, 2.05) is 31.2 Å². The lowest BCUT2D eigenvalue weighted by atomic mass is 10.1. The van der Waals surface area contributed by atoms with Crippen LogP contribution < -0.4 is 10.1 Å². The van der Waals surface area contributed by atoms with Crippen LogP contribution in [-0.4, -0.2) is 23.4 Å². The number of hydrogen-bond donors (Lipinski definition) is 1. The molecule has 0 aliphatic rings. The van der Waals surface area contributed by atoms with Crippen molar-refractivity contribution in [3.8, 4) is 5.75 Å². The first-order valence-electron chi connectivity index (χ1n) is 8.28. The number of benzene rings is 2. The molecule has 3 aromatic rings. The average molecular weight is 348 g/mol. The number of Topliss-reactive ketones (excluding diaryl/α,β-unsaturated/α-hetero) is 1. The zero-order chi connectivity index (χ0) is 18.5. The molecule has 0 aliphatic heterocycles. The zero-order valence-corrected chi connectivity index (χ0v) is 14.7. The largest absolute Gasteiger partial charge is 0.495 e. The fourth-order valence-corrected chi connectivity index (χ4v) is 2.69. The molecule has 1 N–H and O–H groups in total. The van der Waals surface area contributed by atoms with Crippen molar-refractivity contribution in [3.05, 3.63) is 83.7 Å². The van der Waals surface area contributed by atoms with Crippen LogP contribution in [-0.2, 0) is 11.3 Å². The maximum Gasteiger partial charge on any atom is 0.298 e. The Morgan fingerprint density at radius 3 is 2.46 bits per heavy atom. The highest BCUT2D eigenvalue weighted by atomic mass is 16.5. The molecule has 3 rings (SSSR count). The normalized spacial score (nSPS) is 10.4. The van der Waals surface area contributed by atoms with Crippen LogP contribution in [0, 0.1) is 6.92 Å². The molecule has 5 nitrogen and oxygen atoms in total. The number of methoxy groups -OCH3 is 1. The maximum atomic E-state index is 12.6. The van der Waals surface area contributed by atoms with Crippen molar-refractivity contribution in [2.45, 2.75) is 13.5 Å². The van der Waals surface area contributed by atoms with Crippen molar-refractivity contribution < 1.29 is 14.3 Å². The molecule has 0 saturated heterocycles. The highest BCUT2D eigenvalue weighted by molar-refractivity contribution is 6.46. The van der Waals surface area contributed by atoms with Crippen LogP contribution in [0.3, 0.4) is 0 Å². The first kappa shape index (κ1) is 17.5. The zero-order valence-electron chi connectivity index (χ0n) is 14.7. The molecule has 0 atom stereocenters. The van der Waals surface area contributed by atoms with Gasteiger partial charge in [-0.2, -0.15) is 0 Å². The number of rotatable bonds is 6. The van der Waals surface area contributed by atoms with Crippen molar-refractivity contribution in [1.29, 1.82) is 0 Å². The Morgan fingerprint density at radius 1 is 1.00 bits per heavy atom. The predicted octanol–water partition coefficient (Wildman–Crippen LogP) is 3.67. The third-order valence-corrected chi connectivity index (χ3v) is 4.10. The smallest absolute Gasteiger partial charge is 0.298 e. The number of nitrogens with one attached hydrogen (secondary N) is 1. The van der Waals surface area contributed by atoms with Gasteiger partial charge in [-0.05, 0) is 36.8 Å². The van der Waals surface area contributed by atoms with Crippen LogP contribution in [0.2, 0.25) is 0 Å². The summed E-state index contributed by atoms with van der Waals surface area (Å²) in [5.41, 5.74) is 3.04. The first-order valence-corrected chi connectivity index (χ1v) is 8.28. The lowest BCUT2D eigenvalue weighted by Gasteiger charge is -2.11. The van der Waals surface area contributed by atoms with Gasteiger partial charge in [0.05, 0.1) is 18.5 Å². The Morgan fingerprint density at radius 2 is 1.73 bits per heavy atom. The Bertz CT molecular complexity index is 926. The molecule has 1 heterocycles. The molecule has 0 bridgehead atoms. The van der Waals surface area contributed by atoms with E-state index in [0.29, 0.717) is 23.7 Å². The van der Waals surface area contributed by atoms with Crippen LogP contribution in [0.1, 0.15) is 21.6 Å². The molecule has 0 radical (unpaired) electrons. The van der Waals surface area contributed by atoms with Crippen LogP contribution >= 0.6 is 0 Å². The minimum Gasteiger partial charge on any atom is -0.495 e. The quantitative estimate of drug-likeness (QED) is 0.546. The number of aromatic nitrogens is 1. The van der Waals surface area contributed by atoms with E-state index < -0.39 is 11.7 Å². The minimum absolute atomic E-state index is 0.345. The summed E-state index contributed by atoms with van der Waals surface area (Å²) in [5, 5.41) is 2.62. The predicted molar refractivity (Wildman–Crippen MR) is 101 cm³/mol. The van der Waals surface area contributed by atoms with Gasteiger partial charge in [-0.3, -0.25) is 9.59 Å². The van der Waals surface area contributed by atoms with E-state index in [0.717, 1.165) is 5.56 Å². The van der Waals surface area contributed by atoms with Crippen molar-refractivity contribution in [2.75, 3.05) is 12.4 Å². The number of carbonyl (C=O) groups excluding carboxylic acids is 2. The van der Waals surface area contributed by atoms with Crippen molar-refractivity contribution in [1.82, 2.24) is 4.57 Å². The van der Waals surface area contributed by atoms with Gasteiger partial charge < -0.3 is 14.6 Å². The van der Waals surface area contributed by atoms with E-state index in [-0.39, 0.29) is 0 Å². The summed E-state index contributed by atoms with van der Waals surface area (Å²) in [6, 6.07) is 18.5. The second-order valence-corrected chi connectivity index (χ2v) is 5.99.